The van der Waals surface area contributed by atoms with Gasteiger partial charge in [0.05, 0.1) is 7.11 Å². The topological polar surface area (TPSA) is 35.5 Å². The van der Waals surface area contributed by atoms with Crippen molar-refractivity contribution >= 4 is 5.78 Å². The maximum absolute atomic E-state index is 11.6. The Balaban J connectivity index is 1.99. The molecule has 1 aliphatic carbocycles. The van der Waals surface area contributed by atoms with E-state index in [0.717, 1.165) is 37.4 Å². The highest BCUT2D eigenvalue weighted by atomic mass is 16.5. The van der Waals surface area contributed by atoms with Gasteiger partial charge in [0.25, 0.3) is 0 Å². The molecule has 2 aliphatic rings. The van der Waals surface area contributed by atoms with Gasteiger partial charge in [-0.25, -0.2) is 0 Å². The fraction of sp³-hybridized carbons (Fsp3) is 0.583. The van der Waals surface area contributed by atoms with Crippen LogP contribution in [-0.2, 0) is 14.3 Å². The smallest absolute Gasteiger partial charge is 0.185 e. The van der Waals surface area contributed by atoms with E-state index in [1.807, 2.05) is 0 Å². The number of rotatable bonds is 2. The SMILES string of the molecule is COC1=CC(=O)C(=CC2CCOCC2)C1. The van der Waals surface area contributed by atoms with Gasteiger partial charge in [0, 0.05) is 31.3 Å². The van der Waals surface area contributed by atoms with Gasteiger partial charge in [-0.2, -0.15) is 0 Å². The van der Waals surface area contributed by atoms with Gasteiger partial charge in [-0.3, -0.25) is 4.79 Å². The Hall–Kier alpha value is -1.09. The predicted octanol–water partition coefficient (Wildman–Crippen LogP) is 1.84. The van der Waals surface area contributed by atoms with Crippen LogP contribution in [0.2, 0.25) is 0 Å². The Morgan fingerprint density at radius 3 is 2.80 bits per heavy atom. The maximum Gasteiger partial charge on any atom is 0.185 e. The fourth-order valence-corrected chi connectivity index (χ4v) is 2.00. The van der Waals surface area contributed by atoms with Crippen molar-refractivity contribution in [2.75, 3.05) is 20.3 Å². The fourth-order valence-electron chi connectivity index (χ4n) is 2.00. The Morgan fingerprint density at radius 1 is 1.47 bits per heavy atom. The summed E-state index contributed by atoms with van der Waals surface area (Å²) in [5, 5.41) is 0. The summed E-state index contributed by atoms with van der Waals surface area (Å²) in [7, 11) is 1.61. The van der Waals surface area contributed by atoms with E-state index in [-0.39, 0.29) is 5.78 Å². The summed E-state index contributed by atoms with van der Waals surface area (Å²) in [5.41, 5.74) is 0.888. The third-order valence-corrected chi connectivity index (χ3v) is 2.94. The van der Waals surface area contributed by atoms with Gasteiger partial charge in [0.2, 0.25) is 0 Å². The molecule has 0 aromatic carbocycles. The zero-order valence-corrected chi connectivity index (χ0v) is 8.99. The number of ether oxygens (including phenoxy) is 2. The first-order valence-electron chi connectivity index (χ1n) is 5.37. The molecule has 1 saturated heterocycles. The minimum atomic E-state index is 0.110. The van der Waals surface area contributed by atoms with Crippen LogP contribution >= 0.6 is 0 Å². The summed E-state index contributed by atoms with van der Waals surface area (Å²) in [4.78, 5) is 11.6. The third-order valence-electron chi connectivity index (χ3n) is 2.94. The molecule has 0 spiro atoms. The largest absolute Gasteiger partial charge is 0.501 e. The molecule has 0 aromatic heterocycles. The van der Waals surface area contributed by atoms with Crippen LogP contribution in [0.4, 0.5) is 0 Å². The molecule has 2 rings (SSSR count). The number of methoxy groups -OCH3 is 1. The van der Waals surface area contributed by atoms with Crippen molar-refractivity contribution in [3.8, 4) is 0 Å². The van der Waals surface area contributed by atoms with Crippen LogP contribution in [0.25, 0.3) is 0 Å². The second-order valence-electron chi connectivity index (χ2n) is 4.00. The number of carbonyl (C=O) groups is 1. The maximum atomic E-state index is 11.6. The van der Waals surface area contributed by atoms with Gasteiger partial charge in [0.1, 0.15) is 5.76 Å². The molecular formula is C12H16O3. The third kappa shape index (κ3) is 2.48. The monoisotopic (exact) mass is 208 g/mol. The van der Waals surface area contributed by atoms with Crippen molar-refractivity contribution in [2.24, 2.45) is 5.92 Å². The Morgan fingerprint density at radius 2 is 2.20 bits per heavy atom. The van der Waals surface area contributed by atoms with Crippen molar-refractivity contribution in [3.63, 3.8) is 0 Å². The molecular weight excluding hydrogens is 192 g/mol. The summed E-state index contributed by atoms with van der Waals surface area (Å²) in [5.74, 6) is 1.39. The standard InChI is InChI=1S/C12H16O3/c1-14-11-7-10(12(13)8-11)6-9-2-4-15-5-3-9/h6,8-9H,2-5,7H2,1H3. The van der Waals surface area contributed by atoms with Crippen LogP contribution in [0.5, 0.6) is 0 Å². The van der Waals surface area contributed by atoms with Crippen molar-refractivity contribution in [1.82, 2.24) is 0 Å². The van der Waals surface area contributed by atoms with E-state index in [2.05, 4.69) is 6.08 Å². The molecule has 3 heteroatoms. The Kier molecular flexibility index (Phi) is 3.21. The molecule has 0 saturated carbocycles. The lowest BCUT2D eigenvalue weighted by atomic mass is 9.96. The Bertz CT molecular complexity index is 309. The minimum absolute atomic E-state index is 0.110. The molecule has 1 fully saturated rings. The van der Waals surface area contributed by atoms with Crippen molar-refractivity contribution in [3.05, 3.63) is 23.5 Å². The van der Waals surface area contributed by atoms with E-state index in [1.165, 1.54) is 0 Å². The number of hydrogen-bond acceptors (Lipinski definition) is 3. The highest BCUT2D eigenvalue weighted by Gasteiger charge is 2.21. The average Bonchev–Trinajstić information content (AvgIpc) is 2.61. The zero-order chi connectivity index (χ0) is 10.7. The predicted molar refractivity (Wildman–Crippen MR) is 56.3 cm³/mol. The van der Waals surface area contributed by atoms with Gasteiger partial charge in [-0.1, -0.05) is 6.08 Å². The molecule has 0 N–H and O–H groups in total. The lowest BCUT2D eigenvalue weighted by molar-refractivity contribution is -0.111. The van der Waals surface area contributed by atoms with E-state index in [1.54, 1.807) is 13.2 Å². The van der Waals surface area contributed by atoms with E-state index in [0.29, 0.717) is 12.3 Å². The molecule has 15 heavy (non-hydrogen) atoms. The summed E-state index contributed by atoms with van der Waals surface area (Å²) >= 11 is 0. The van der Waals surface area contributed by atoms with Crippen LogP contribution in [0.15, 0.2) is 23.5 Å². The number of allylic oxidation sites excluding steroid dienone is 3. The highest BCUT2D eigenvalue weighted by molar-refractivity contribution is 6.07. The molecule has 0 atom stereocenters. The van der Waals surface area contributed by atoms with Gasteiger partial charge >= 0.3 is 0 Å². The van der Waals surface area contributed by atoms with Crippen LogP contribution in [0.1, 0.15) is 19.3 Å². The van der Waals surface area contributed by atoms with Crippen molar-refractivity contribution < 1.29 is 14.3 Å². The van der Waals surface area contributed by atoms with Crippen LogP contribution in [0, 0.1) is 5.92 Å². The molecule has 1 heterocycles. The molecule has 3 nitrogen and oxygen atoms in total. The molecule has 0 unspecified atom stereocenters. The second kappa shape index (κ2) is 4.62. The van der Waals surface area contributed by atoms with E-state index in [4.69, 9.17) is 9.47 Å². The van der Waals surface area contributed by atoms with Crippen LogP contribution in [-0.4, -0.2) is 26.1 Å². The van der Waals surface area contributed by atoms with Gasteiger partial charge < -0.3 is 9.47 Å². The average molecular weight is 208 g/mol. The number of carbonyl (C=O) groups excluding carboxylic acids is 1. The van der Waals surface area contributed by atoms with Crippen LogP contribution in [0.3, 0.4) is 0 Å². The first kappa shape index (κ1) is 10.4. The van der Waals surface area contributed by atoms with Gasteiger partial charge in [-0.15, -0.1) is 0 Å². The summed E-state index contributed by atoms with van der Waals surface area (Å²) in [6.45, 7) is 1.63. The van der Waals surface area contributed by atoms with Gasteiger partial charge in [-0.05, 0) is 18.8 Å². The zero-order valence-electron chi connectivity index (χ0n) is 8.99. The van der Waals surface area contributed by atoms with E-state index in [9.17, 15) is 4.79 Å². The molecule has 0 aromatic rings. The van der Waals surface area contributed by atoms with Gasteiger partial charge in [0.15, 0.2) is 5.78 Å². The number of hydrogen-bond donors (Lipinski definition) is 0. The second-order valence-corrected chi connectivity index (χ2v) is 4.00. The summed E-state index contributed by atoms with van der Waals surface area (Å²) in [6, 6.07) is 0. The molecule has 0 radical (unpaired) electrons. The summed E-state index contributed by atoms with van der Waals surface area (Å²) in [6.07, 6.45) is 6.41. The quantitative estimate of drug-likeness (QED) is 0.649. The molecule has 1 aliphatic heterocycles. The molecule has 82 valence electrons. The highest BCUT2D eigenvalue weighted by Crippen LogP contribution is 2.26. The minimum Gasteiger partial charge on any atom is -0.501 e. The first-order chi connectivity index (χ1) is 7.29. The first-order valence-corrected chi connectivity index (χ1v) is 5.37. The van der Waals surface area contributed by atoms with E-state index >= 15 is 0 Å². The lowest BCUT2D eigenvalue weighted by Crippen LogP contribution is -2.14. The normalized spacial score (nSPS) is 25.8. The number of ketones is 1. The summed E-state index contributed by atoms with van der Waals surface area (Å²) < 4.78 is 10.4. The molecule has 0 amide bonds. The Labute approximate surface area is 89.8 Å². The molecule has 0 bridgehead atoms. The van der Waals surface area contributed by atoms with E-state index < -0.39 is 0 Å². The van der Waals surface area contributed by atoms with Crippen molar-refractivity contribution in [2.45, 2.75) is 19.3 Å². The van der Waals surface area contributed by atoms with Crippen molar-refractivity contribution in [1.29, 1.82) is 0 Å². The lowest BCUT2D eigenvalue weighted by Gasteiger charge is -2.19. The van der Waals surface area contributed by atoms with Crippen LogP contribution < -0.4 is 0 Å².